The first-order valence-corrected chi connectivity index (χ1v) is 11.5. The predicted molar refractivity (Wildman–Crippen MR) is 127 cm³/mol. The lowest BCUT2D eigenvalue weighted by Crippen LogP contribution is -2.37. The molecule has 0 saturated carbocycles. The fourth-order valence-corrected chi connectivity index (χ4v) is 4.74. The number of hydrogen-bond donors (Lipinski definition) is 2. The van der Waals surface area contributed by atoms with Gasteiger partial charge in [0.1, 0.15) is 11.6 Å². The molecule has 1 aliphatic rings. The Bertz CT molecular complexity index is 1180. The minimum atomic E-state index is -0.520. The van der Waals surface area contributed by atoms with Crippen LogP contribution < -0.4 is 15.5 Å². The molecule has 4 rings (SSSR count). The van der Waals surface area contributed by atoms with Gasteiger partial charge < -0.3 is 20.3 Å². The summed E-state index contributed by atoms with van der Waals surface area (Å²) < 4.78 is 18.6. The molecular weight excluding hydrogens is 467 g/mol. The third kappa shape index (κ3) is 5.50. The van der Waals surface area contributed by atoms with Crippen LogP contribution in [-0.4, -0.2) is 43.1 Å². The molecule has 2 amide bonds. The summed E-state index contributed by atoms with van der Waals surface area (Å²) in [6, 6.07) is 9.08. The number of ether oxygens (including phenoxy) is 1. The van der Waals surface area contributed by atoms with Gasteiger partial charge in [0.15, 0.2) is 0 Å². The van der Waals surface area contributed by atoms with Crippen LogP contribution in [0.2, 0.25) is 5.02 Å². The SMILES string of the molecule is Cc1cc(NC(=O)c2ccc(F)cc2Cl)sc1C(=O)NCc1cccnc1N1CCOCC1. The number of thiophene rings is 1. The Morgan fingerprint density at radius 1 is 1.21 bits per heavy atom. The number of aryl methyl sites for hydroxylation is 1. The van der Waals surface area contributed by atoms with Crippen LogP contribution in [0.1, 0.15) is 31.2 Å². The standard InChI is InChI=1S/C23H22ClFN4O3S/c1-14-11-19(28-22(30)17-5-4-16(25)12-18(17)24)33-20(14)23(31)27-13-15-3-2-6-26-21(15)29-7-9-32-10-8-29/h2-6,11-12H,7-10,13H2,1H3,(H,27,31)(H,28,30). The zero-order chi connectivity index (χ0) is 23.4. The highest BCUT2D eigenvalue weighted by atomic mass is 35.5. The molecule has 0 atom stereocenters. The van der Waals surface area contributed by atoms with Crippen LogP contribution in [-0.2, 0) is 11.3 Å². The lowest BCUT2D eigenvalue weighted by atomic mass is 10.2. The summed E-state index contributed by atoms with van der Waals surface area (Å²) in [7, 11) is 0. The van der Waals surface area contributed by atoms with E-state index in [1.54, 1.807) is 19.2 Å². The molecule has 1 fully saturated rings. The number of carbonyl (C=O) groups excluding carboxylic acids is 2. The molecule has 2 N–H and O–H groups in total. The average Bonchev–Trinajstić information content (AvgIpc) is 3.18. The summed E-state index contributed by atoms with van der Waals surface area (Å²) in [5.74, 6) is -0.394. The van der Waals surface area contributed by atoms with E-state index in [4.69, 9.17) is 16.3 Å². The molecule has 2 aromatic heterocycles. The largest absolute Gasteiger partial charge is 0.378 e. The van der Waals surface area contributed by atoms with Gasteiger partial charge in [-0.15, -0.1) is 11.3 Å². The zero-order valence-corrected chi connectivity index (χ0v) is 19.4. The van der Waals surface area contributed by atoms with Gasteiger partial charge in [-0.3, -0.25) is 9.59 Å². The van der Waals surface area contributed by atoms with Crippen molar-refractivity contribution in [3.05, 3.63) is 75.0 Å². The van der Waals surface area contributed by atoms with Crippen molar-refractivity contribution in [1.29, 1.82) is 0 Å². The normalized spacial score (nSPS) is 13.6. The molecule has 0 unspecified atom stereocenters. The number of halogens is 2. The van der Waals surface area contributed by atoms with Crippen LogP contribution >= 0.6 is 22.9 Å². The van der Waals surface area contributed by atoms with Crippen LogP contribution in [0.4, 0.5) is 15.2 Å². The average molecular weight is 489 g/mol. The molecule has 33 heavy (non-hydrogen) atoms. The van der Waals surface area contributed by atoms with Crippen molar-refractivity contribution in [2.45, 2.75) is 13.5 Å². The lowest BCUT2D eigenvalue weighted by molar-refractivity contribution is 0.0953. The van der Waals surface area contributed by atoms with Gasteiger partial charge in [0.2, 0.25) is 0 Å². The molecule has 7 nitrogen and oxygen atoms in total. The van der Waals surface area contributed by atoms with E-state index in [0.717, 1.165) is 47.4 Å². The summed E-state index contributed by atoms with van der Waals surface area (Å²) in [5, 5.41) is 6.19. The van der Waals surface area contributed by atoms with E-state index in [9.17, 15) is 14.0 Å². The monoisotopic (exact) mass is 488 g/mol. The molecule has 0 bridgehead atoms. The molecule has 10 heteroatoms. The van der Waals surface area contributed by atoms with Crippen LogP contribution in [0.3, 0.4) is 0 Å². The third-order valence-corrected chi connectivity index (χ3v) is 6.62. The number of nitrogens with one attached hydrogen (secondary N) is 2. The van der Waals surface area contributed by atoms with Gasteiger partial charge in [0, 0.05) is 31.4 Å². The number of pyridine rings is 1. The highest BCUT2D eigenvalue weighted by molar-refractivity contribution is 7.18. The fourth-order valence-electron chi connectivity index (χ4n) is 3.51. The molecule has 0 radical (unpaired) electrons. The number of amides is 2. The van der Waals surface area contributed by atoms with Gasteiger partial charge in [0.25, 0.3) is 11.8 Å². The van der Waals surface area contributed by atoms with Gasteiger partial charge in [0.05, 0.1) is 33.7 Å². The minimum absolute atomic E-state index is 0.0197. The van der Waals surface area contributed by atoms with Gasteiger partial charge in [-0.05, 0) is 42.8 Å². The second kappa shape index (κ2) is 10.3. The van der Waals surface area contributed by atoms with Gasteiger partial charge in [-0.25, -0.2) is 9.37 Å². The maximum Gasteiger partial charge on any atom is 0.261 e. The molecule has 172 valence electrons. The minimum Gasteiger partial charge on any atom is -0.378 e. The zero-order valence-electron chi connectivity index (χ0n) is 17.9. The van der Waals surface area contributed by atoms with Gasteiger partial charge in [-0.2, -0.15) is 0 Å². The second-order valence-electron chi connectivity index (χ2n) is 7.47. The lowest BCUT2D eigenvalue weighted by Gasteiger charge is -2.29. The quantitative estimate of drug-likeness (QED) is 0.541. The number of carbonyl (C=O) groups is 2. The topological polar surface area (TPSA) is 83.6 Å². The number of benzene rings is 1. The Balaban J connectivity index is 1.42. The smallest absolute Gasteiger partial charge is 0.261 e. The van der Waals surface area contributed by atoms with Crippen molar-refractivity contribution in [3.63, 3.8) is 0 Å². The van der Waals surface area contributed by atoms with Crippen molar-refractivity contribution in [1.82, 2.24) is 10.3 Å². The number of rotatable bonds is 6. The summed E-state index contributed by atoms with van der Waals surface area (Å²) in [6.07, 6.45) is 1.74. The van der Waals surface area contributed by atoms with Crippen molar-refractivity contribution < 1.29 is 18.7 Å². The predicted octanol–water partition coefficient (Wildman–Crippen LogP) is 4.26. The highest BCUT2D eigenvalue weighted by Crippen LogP contribution is 2.28. The molecule has 3 heterocycles. The highest BCUT2D eigenvalue weighted by Gasteiger charge is 2.19. The third-order valence-electron chi connectivity index (χ3n) is 5.15. The Morgan fingerprint density at radius 3 is 2.76 bits per heavy atom. The Labute approximate surface area is 199 Å². The fraction of sp³-hybridized carbons (Fsp3) is 0.261. The first kappa shape index (κ1) is 23.2. The van der Waals surface area contributed by atoms with E-state index >= 15 is 0 Å². The molecule has 1 saturated heterocycles. The molecule has 0 aliphatic carbocycles. The molecule has 0 spiro atoms. The van der Waals surface area contributed by atoms with E-state index in [2.05, 4.69) is 20.5 Å². The van der Waals surface area contributed by atoms with Crippen molar-refractivity contribution >= 4 is 45.6 Å². The summed E-state index contributed by atoms with van der Waals surface area (Å²) >= 11 is 7.13. The van der Waals surface area contributed by atoms with Crippen LogP contribution in [0.15, 0.2) is 42.6 Å². The van der Waals surface area contributed by atoms with Crippen LogP contribution in [0.25, 0.3) is 0 Å². The summed E-state index contributed by atoms with van der Waals surface area (Å²) in [6.45, 7) is 4.92. The maximum absolute atomic E-state index is 13.2. The Hall–Kier alpha value is -3.01. The molecule has 3 aromatic rings. The Kier molecular flexibility index (Phi) is 7.22. The first-order chi connectivity index (χ1) is 15.9. The van der Waals surface area contributed by atoms with Crippen molar-refractivity contribution in [2.24, 2.45) is 0 Å². The molecule has 1 aromatic carbocycles. The number of aromatic nitrogens is 1. The molecule has 1 aliphatic heterocycles. The number of nitrogens with zero attached hydrogens (tertiary/aromatic N) is 2. The van der Waals surface area contributed by atoms with E-state index in [1.807, 2.05) is 12.1 Å². The van der Waals surface area contributed by atoms with Gasteiger partial charge in [-0.1, -0.05) is 17.7 Å². The van der Waals surface area contributed by atoms with Crippen molar-refractivity contribution in [2.75, 3.05) is 36.5 Å². The number of hydrogen-bond acceptors (Lipinski definition) is 6. The maximum atomic E-state index is 13.2. The van der Waals surface area contributed by atoms with Crippen LogP contribution in [0.5, 0.6) is 0 Å². The van der Waals surface area contributed by atoms with Crippen LogP contribution in [0, 0.1) is 12.7 Å². The Morgan fingerprint density at radius 2 is 2.00 bits per heavy atom. The van der Waals surface area contributed by atoms with E-state index in [1.165, 1.54) is 12.1 Å². The molecular formula is C23H22ClFN4O3S. The van der Waals surface area contributed by atoms with Gasteiger partial charge >= 0.3 is 0 Å². The second-order valence-corrected chi connectivity index (χ2v) is 8.93. The van der Waals surface area contributed by atoms with E-state index < -0.39 is 11.7 Å². The summed E-state index contributed by atoms with van der Waals surface area (Å²) in [4.78, 5) is 32.5. The number of morpholine rings is 1. The summed E-state index contributed by atoms with van der Waals surface area (Å²) in [5.41, 5.74) is 1.81. The van der Waals surface area contributed by atoms with E-state index in [-0.39, 0.29) is 16.5 Å². The first-order valence-electron chi connectivity index (χ1n) is 10.3. The van der Waals surface area contributed by atoms with Crippen molar-refractivity contribution in [3.8, 4) is 0 Å². The van der Waals surface area contributed by atoms with E-state index in [0.29, 0.717) is 29.6 Å². The number of anilines is 2.